The van der Waals surface area contributed by atoms with Crippen molar-refractivity contribution in [1.82, 2.24) is 10.6 Å². The maximum atomic E-state index is 10.9. The van der Waals surface area contributed by atoms with Crippen LogP contribution < -0.4 is 16.4 Å². The number of carbonyl (C=O) groups excluding carboxylic acids is 2. The summed E-state index contributed by atoms with van der Waals surface area (Å²) in [5, 5.41) is 5.45. The second-order valence-electron chi connectivity index (χ2n) is 3.50. The number of primary amides is 1. The van der Waals surface area contributed by atoms with E-state index in [1.165, 1.54) is 0 Å². The summed E-state index contributed by atoms with van der Waals surface area (Å²) in [6.07, 6.45) is 0.354. The van der Waals surface area contributed by atoms with Gasteiger partial charge in [0.2, 0.25) is 11.8 Å². The van der Waals surface area contributed by atoms with E-state index in [1.807, 2.05) is 13.8 Å². The van der Waals surface area contributed by atoms with Crippen molar-refractivity contribution in [3.63, 3.8) is 0 Å². The van der Waals surface area contributed by atoms with Gasteiger partial charge in [0.05, 0.1) is 6.04 Å². The molecule has 0 aliphatic carbocycles. The number of hydrogen-bond acceptors (Lipinski definition) is 3. The maximum Gasteiger partial charge on any atom is 0.234 e. The molecule has 0 aromatic carbocycles. The lowest BCUT2D eigenvalue weighted by atomic mass is 10.0. The standard InChI is InChI=1S/C9H19N3O2/c1-6(2)8(9(10)14)12-5-4-7(13)11-3/h6,8,12H,4-5H2,1-3H3,(H2,10,14)(H,11,13). The van der Waals surface area contributed by atoms with E-state index in [4.69, 9.17) is 5.73 Å². The Kier molecular flexibility index (Phi) is 5.87. The van der Waals surface area contributed by atoms with E-state index < -0.39 is 0 Å². The zero-order valence-electron chi connectivity index (χ0n) is 8.96. The molecule has 0 rings (SSSR count). The quantitative estimate of drug-likeness (QED) is 0.527. The minimum Gasteiger partial charge on any atom is -0.368 e. The Bertz CT molecular complexity index is 204. The van der Waals surface area contributed by atoms with Crippen molar-refractivity contribution in [3.05, 3.63) is 0 Å². The van der Waals surface area contributed by atoms with Gasteiger partial charge in [-0.1, -0.05) is 13.8 Å². The largest absolute Gasteiger partial charge is 0.368 e. The van der Waals surface area contributed by atoms with E-state index in [-0.39, 0.29) is 23.8 Å². The summed E-state index contributed by atoms with van der Waals surface area (Å²) in [5.41, 5.74) is 5.19. The van der Waals surface area contributed by atoms with Gasteiger partial charge in [-0.2, -0.15) is 0 Å². The Morgan fingerprint density at radius 3 is 2.29 bits per heavy atom. The lowest BCUT2D eigenvalue weighted by molar-refractivity contribution is -0.122. The average molecular weight is 201 g/mol. The summed E-state index contributed by atoms with van der Waals surface area (Å²) in [5.74, 6) is -0.293. The third-order valence-electron chi connectivity index (χ3n) is 1.97. The zero-order valence-corrected chi connectivity index (χ0v) is 8.96. The molecule has 82 valence electrons. The predicted molar refractivity (Wildman–Crippen MR) is 54.5 cm³/mol. The first-order valence-corrected chi connectivity index (χ1v) is 4.72. The first-order chi connectivity index (χ1) is 6.49. The van der Waals surface area contributed by atoms with Crippen molar-refractivity contribution in [2.45, 2.75) is 26.3 Å². The van der Waals surface area contributed by atoms with Gasteiger partial charge in [-0.15, -0.1) is 0 Å². The van der Waals surface area contributed by atoms with E-state index in [1.54, 1.807) is 7.05 Å². The number of carbonyl (C=O) groups is 2. The number of nitrogens with two attached hydrogens (primary N) is 1. The number of hydrogen-bond donors (Lipinski definition) is 3. The van der Waals surface area contributed by atoms with Crippen LogP contribution in [-0.4, -0.2) is 31.4 Å². The Labute approximate surface area is 84.4 Å². The molecule has 0 spiro atoms. The minimum atomic E-state index is -0.378. The molecule has 0 aromatic heterocycles. The summed E-state index contributed by atoms with van der Waals surface area (Å²) >= 11 is 0. The molecule has 0 aliphatic rings. The molecule has 0 radical (unpaired) electrons. The van der Waals surface area contributed by atoms with Crippen LogP contribution in [-0.2, 0) is 9.59 Å². The van der Waals surface area contributed by atoms with Crippen LogP contribution in [0.4, 0.5) is 0 Å². The predicted octanol–water partition coefficient (Wildman–Crippen LogP) is -0.778. The molecular formula is C9H19N3O2. The van der Waals surface area contributed by atoms with E-state index in [0.717, 1.165) is 0 Å². The van der Waals surface area contributed by atoms with Crippen LogP contribution in [0, 0.1) is 5.92 Å². The fraction of sp³-hybridized carbons (Fsp3) is 0.778. The molecule has 5 nitrogen and oxygen atoms in total. The third-order valence-corrected chi connectivity index (χ3v) is 1.97. The van der Waals surface area contributed by atoms with Gasteiger partial charge in [-0.3, -0.25) is 9.59 Å². The molecule has 2 amide bonds. The summed E-state index contributed by atoms with van der Waals surface area (Å²) in [7, 11) is 1.58. The average Bonchev–Trinajstić information content (AvgIpc) is 2.10. The van der Waals surface area contributed by atoms with Gasteiger partial charge < -0.3 is 16.4 Å². The zero-order chi connectivity index (χ0) is 11.1. The Morgan fingerprint density at radius 2 is 1.93 bits per heavy atom. The van der Waals surface area contributed by atoms with Crippen LogP contribution in [0.2, 0.25) is 0 Å². The molecule has 1 atom stereocenters. The molecule has 0 aromatic rings. The normalized spacial score (nSPS) is 12.6. The smallest absolute Gasteiger partial charge is 0.234 e. The lowest BCUT2D eigenvalue weighted by Gasteiger charge is -2.18. The molecule has 0 saturated heterocycles. The third kappa shape index (κ3) is 4.81. The van der Waals surface area contributed by atoms with Crippen molar-refractivity contribution in [3.8, 4) is 0 Å². The van der Waals surface area contributed by atoms with Crippen molar-refractivity contribution in [2.24, 2.45) is 11.7 Å². The summed E-state index contributed by atoms with van der Waals surface area (Å²) in [6.45, 7) is 4.27. The van der Waals surface area contributed by atoms with Crippen molar-refractivity contribution in [1.29, 1.82) is 0 Å². The van der Waals surface area contributed by atoms with Crippen molar-refractivity contribution < 1.29 is 9.59 Å². The molecule has 5 heteroatoms. The highest BCUT2D eigenvalue weighted by Crippen LogP contribution is 2.00. The van der Waals surface area contributed by atoms with Gasteiger partial charge in [0.25, 0.3) is 0 Å². The van der Waals surface area contributed by atoms with Crippen LogP contribution in [0.5, 0.6) is 0 Å². The van der Waals surface area contributed by atoms with Gasteiger partial charge in [0, 0.05) is 20.0 Å². The van der Waals surface area contributed by atoms with E-state index >= 15 is 0 Å². The van der Waals surface area contributed by atoms with Crippen molar-refractivity contribution in [2.75, 3.05) is 13.6 Å². The maximum absolute atomic E-state index is 10.9. The molecule has 4 N–H and O–H groups in total. The molecule has 0 bridgehead atoms. The SMILES string of the molecule is CNC(=O)CCNC(C(N)=O)C(C)C. The first kappa shape index (κ1) is 12.9. The number of nitrogens with one attached hydrogen (secondary N) is 2. The number of rotatable bonds is 6. The fourth-order valence-electron chi connectivity index (χ4n) is 1.13. The van der Waals surface area contributed by atoms with Crippen LogP contribution in [0.3, 0.4) is 0 Å². The first-order valence-electron chi connectivity index (χ1n) is 4.72. The molecular weight excluding hydrogens is 182 g/mol. The second kappa shape index (κ2) is 6.37. The van der Waals surface area contributed by atoms with Crippen LogP contribution in [0.15, 0.2) is 0 Å². The highest BCUT2D eigenvalue weighted by atomic mass is 16.2. The topological polar surface area (TPSA) is 84.2 Å². The molecule has 14 heavy (non-hydrogen) atoms. The number of amides is 2. The molecule has 0 aliphatic heterocycles. The summed E-state index contributed by atoms with van der Waals surface area (Å²) in [6, 6.07) is -0.361. The van der Waals surface area contributed by atoms with Crippen LogP contribution in [0.1, 0.15) is 20.3 Å². The fourth-order valence-corrected chi connectivity index (χ4v) is 1.13. The Morgan fingerprint density at radius 1 is 1.36 bits per heavy atom. The minimum absolute atomic E-state index is 0.0514. The Balaban J connectivity index is 3.84. The lowest BCUT2D eigenvalue weighted by Crippen LogP contribution is -2.45. The highest BCUT2D eigenvalue weighted by molar-refractivity contribution is 5.80. The Hall–Kier alpha value is -1.10. The molecule has 0 heterocycles. The molecule has 0 fully saturated rings. The van der Waals surface area contributed by atoms with Gasteiger partial charge in [0.1, 0.15) is 0 Å². The highest BCUT2D eigenvalue weighted by Gasteiger charge is 2.18. The van der Waals surface area contributed by atoms with Gasteiger partial charge in [-0.05, 0) is 5.92 Å². The van der Waals surface area contributed by atoms with Crippen LogP contribution in [0.25, 0.3) is 0 Å². The summed E-state index contributed by atoms with van der Waals surface area (Å²) in [4.78, 5) is 21.8. The molecule has 0 saturated carbocycles. The molecule has 1 unspecified atom stereocenters. The monoisotopic (exact) mass is 201 g/mol. The van der Waals surface area contributed by atoms with E-state index in [9.17, 15) is 9.59 Å². The van der Waals surface area contributed by atoms with Gasteiger partial charge in [-0.25, -0.2) is 0 Å². The van der Waals surface area contributed by atoms with Gasteiger partial charge >= 0.3 is 0 Å². The van der Waals surface area contributed by atoms with E-state index in [2.05, 4.69) is 10.6 Å². The summed E-state index contributed by atoms with van der Waals surface area (Å²) < 4.78 is 0. The van der Waals surface area contributed by atoms with Crippen LogP contribution >= 0.6 is 0 Å². The van der Waals surface area contributed by atoms with Crippen molar-refractivity contribution >= 4 is 11.8 Å². The van der Waals surface area contributed by atoms with Gasteiger partial charge in [0.15, 0.2) is 0 Å². The second-order valence-corrected chi connectivity index (χ2v) is 3.50. The van der Waals surface area contributed by atoms with E-state index in [0.29, 0.717) is 13.0 Å².